The smallest absolute Gasteiger partial charge is 0.211 e. The van der Waals surface area contributed by atoms with Crippen molar-refractivity contribution in [3.05, 3.63) is 65.5 Å². The van der Waals surface area contributed by atoms with Crippen molar-refractivity contribution in [1.29, 1.82) is 0 Å². The van der Waals surface area contributed by atoms with Gasteiger partial charge in [-0.1, -0.05) is 36.4 Å². The van der Waals surface area contributed by atoms with Crippen LogP contribution in [0.1, 0.15) is 35.6 Å². The zero-order valence-corrected chi connectivity index (χ0v) is 14.2. The molecule has 1 aliphatic heterocycles. The fourth-order valence-corrected chi connectivity index (χ4v) is 4.01. The van der Waals surface area contributed by atoms with Crippen molar-refractivity contribution in [2.45, 2.75) is 25.2 Å². The number of pyridine rings is 1. The topological polar surface area (TPSA) is 50.3 Å². The molecule has 3 rings (SSSR count). The summed E-state index contributed by atoms with van der Waals surface area (Å²) in [7, 11) is -3.11. The van der Waals surface area contributed by atoms with Gasteiger partial charge in [0.05, 0.1) is 6.26 Å². The van der Waals surface area contributed by atoms with E-state index < -0.39 is 10.0 Å². The maximum Gasteiger partial charge on any atom is 0.211 e. The van der Waals surface area contributed by atoms with Gasteiger partial charge in [0.2, 0.25) is 10.0 Å². The summed E-state index contributed by atoms with van der Waals surface area (Å²) in [6.45, 7) is 1.17. The van der Waals surface area contributed by atoms with Crippen LogP contribution in [0, 0.1) is 0 Å². The molecule has 0 N–H and O–H groups in total. The summed E-state index contributed by atoms with van der Waals surface area (Å²) in [6, 6.07) is 14.5. The summed E-state index contributed by atoms with van der Waals surface area (Å²) in [4.78, 5) is 4.59. The van der Waals surface area contributed by atoms with E-state index in [-0.39, 0.29) is 5.92 Å². The molecule has 1 fully saturated rings. The second-order valence-electron chi connectivity index (χ2n) is 6.21. The number of sulfonamides is 1. The number of benzene rings is 1. The van der Waals surface area contributed by atoms with Gasteiger partial charge in [0.1, 0.15) is 0 Å². The van der Waals surface area contributed by atoms with Crippen molar-refractivity contribution in [3.63, 3.8) is 0 Å². The van der Waals surface area contributed by atoms with Gasteiger partial charge < -0.3 is 0 Å². The Bertz CT molecular complexity index is 742. The predicted molar refractivity (Wildman–Crippen MR) is 91.9 cm³/mol. The van der Waals surface area contributed by atoms with E-state index in [4.69, 9.17) is 0 Å². The number of rotatable bonds is 4. The summed E-state index contributed by atoms with van der Waals surface area (Å²) < 4.78 is 25.0. The van der Waals surface area contributed by atoms with Crippen molar-refractivity contribution >= 4 is 10.0 Å². The number of piperidine rings is 1. The quantitative estimate of drug-likeness (QED) is 0.866. The van der Waals surface area contributed by atoms with Crippen LogP contribution in [0.3, 0.4) is 0 Å². The zero-order chi connectivity index (χ0) is 16.3. The Labute approximate surface area is 138 Å². The van der Waals surface area contributed by atoms with Crippen LogP contribution >= 0.6 is 0 Å². The van der Waals surface area contributed by atoms with Crippen molar-refractivity contribution in [3.8, 4) is 0 Å². The van der Waals surface area contributed by atoms with Crippen LogP contribution in [0.25, 0.3) is 0 Å². The molecule has 0 aliphatic carbocycles. The Morgan fingerprint density at radius 1 is 1.13 bits per heavy atom. The van der Waals surface area contributed by atoms with Crippen LogP contribution in [-0.2, 0) is 16.4 Å². The van der Waals surface area contributed by atoms with Crippen molar-refractivity contribution in [2.24, 2.45) is 0 Å². The molecule has 0 unspecified atom stereocenters. The second kappa shape index (κ2) is 6.81. The number of nitrogens with zero attached hydrogens (tertiary/aromatic N) is 2. The lowest BCUT2D eigenvalue weighted by atomic mass is 9.95. The zero-order valence-electron chi connectivity index (χ0n) is 13.4. The number of hydrogen-bond donors (Lipinski definition) is 0. The van der Waals surface area contributed by atoms with E-state index in [9.17, 15) is 8.42 Å². The summed E-state index contributed by atoms with van der Waals surface area (Å²) in [5.74, 6) is 0.198. The average molecular weight is 330 g/mol. The molecule has 0 bridgehead atoms. The maximum atomic E-state index is 11.7. The highest BCUT2D eigenvalue weighted by Crippen LogP contribution is 2.27. The van der Waals surface area contributed by atoms with E-state index in [2.05, 4.69) is 29.2 Å². The van der Waals surface area contributed by atoms with Gasteiger partial charge in [-0.15, -0.1) is 0 Å². The maximum absolute atomic E-state index is 11.7. The van der Waals surface area contributed by atoms with E-state index >= 15 is 0 Å². The molecule has 2 aromatic rings. The molecule has 0 amide bonds. The minimum absolute atomic E-state index is 0.198. The first-order valence-electron chi connectivity index (χ1n) is 7.96. The van der Waals surface area contributed by atoms with Gasteiger partial charge in [0.25, 0.3) is 0 Å². The fourth-order valence-electron chi connectivity index (χ4n) is 3.10. The molecule has 4 nitrogen and oxygen atoms in total. The van der Waals surface area contributed by atoms with Gasteiger partial charge in [-0.25, -0.2) is 12.7 Å². The van der Waals surface area contributed by atoms with Gasteiger partial charge in [-0.3, -0.25) is 4.98 Å². The molecular weight excluding hydrogens is 308 g/mol. The molecule has 1 aromatic carbocycles. The van der Waals surface area contributed by atoms with Crippen molar-refractivity contribution in [2.75, 3.05) is 19.3 Å². The van der Waals surface area contributed by atoms with Crippen LogP contribution in [0.15, 0.2) is 48.7 Å². The third-order valence-corrected chi connectivity index (χ3v) is 5.64. The van der Waals surface area contributed by atoms with Crippen LogP contribution in [0.4, 0.5) is 0 Å². The normalized spacial score (nSPS) is 19.6. The molecule has 0 radical (unpaired) electrons. The van der Waals surface area contributed by atoms with E-state index in [1.165, 1.54) is 17.4 Å². The lowest BCUT2D eigenvalue weighted by Gasteiger charge is -2.30. The summed E-state index contributed by atoms with van der Waals surface area (Å²) in [5.41, 5.74) is 3.44. The molecule has 5 heteroatoms. The number of hydrogen-bond acceptors (Lipinski definition) is 3. The highest BCUT2D eigenvalue weighted by Gasteiger charge is 2.27. The van der Waals surface area contributed by atoms with E-state index in [1.807, 2.05) is 24.4 Å². The van der Waals surface area contributed by atoms with Crippen LogP contribution in [-0.4, -0.2) is 37.1 Å². The van der Waals surface area contributed by atoms with Gasteiger partial charge >= 0.3 is 0 Å². The Morgan fingerprint density at radius 3 is 2.57 bits per heavy atom. The van der Waals surface area contributed by atoms with Gasteiger partial charge in [-0.05, 0) is 36.5 Å². The molecule has 122 valence electrons. The summed E-state index contributed by atoms with van der Waals surface area (Å²) >= 11 is 0. The number of aromatic nitrogens is 1. The monoisotopic (exact) mass is 330 g/mol. The highest BCUT2D eigenvalue weighted by atomic mass is 32.2. The predicted octanol–water partition coefficient (Wildman–Crippen LogP) is 2.81. The first-order chi connectivity index (χ1) is 11.0. The molecule has 1 aliphatic rings. The average Bonchev–Trinajstić information content (AvgIpc) is 2.56. The van der Waals surface area contributed by atoms with E-state index in [0.717, 1.165) is 25.0 Å². The molecule has 23 heavy (non-hydrogen) atoms. The van der Waals surface area contributed by atoms with E-state index in [0.29, 0.717) is 13.1 Å². The van der Waals surface area contributed by atoms with Gasteiger partial charge in [-0.2, -0.15) is 0 Å². The molecule has 0 spiro atoms. The summed E-state index contributed by atoms with van der Waals surface area (Å²) in [5, 5.41) is 0. The summed E-state index contributed by atoms with van der Waals surface area (Å²) in [6.07, 6.45) is 5.96. The molecule has 1 atom stereocenters. The van der Waals surface area contributed by atoms with Crippen LogP contribution < -0.4 is 0 Å². The third kappa shape index (κ3) is 4.18. The van der Waals surface area contributed by atoms with Gasteiger partial charge in [0, 0.05) is 30.9 Å². The van der Waals surface area contributed by atoms with Crippen molar-refractivity contribution < 1.29 is 8.42 Å². The molecular formula is C18H22N2O2S. The third-order valence-electron chi connectivity index (χ3n) is 4.37. The Kier molecular flexibility index (Phi) is 4.78. The molecule has 1 aromatic heterocycles. The van der Waals surface area contributed by atoms with Crippen LogP contribution in [0.5, 0.6) is 0 Å². The first kappa shape index (κ1) is 16.1. The van der Waals surface area contributed by atoms with Gasteiger partial charge in [0.15, 0.2) is 0 Å². The minimum Gasteiger partial charge on any atom is -0.261 e. The minimum atomic E-state index is -3.11. The molecule has 0 saturated carbocycles. The van der Waals surface area contributed by atoms with Crippen molar-refractivity contribution in [1.82, 2.24) is 9.29 Å². The Morgan fingerprint density at radius 2 is 1.91 bits per heavy atom. The fraction of sp³-hybridized carbons (Fsp3) is 0.389. The SMILES string of the molecule is CS(=O)(=O)N1CCC[C@H](c2ccc(Cc3ccccc3)cn2)C1. The largest absolute Gasteiger partial charge is 0.261 e. The molecule has 1 saturated heterocycles. The van der Waals surface area contributed by atoms with Crippen LogP contribution in [0.2, 0.25) is 0 Å². The Hall–Kier alpha value is -1.72. The first-order valence-corrected chi connectivity index (χ1v) is 9.81. The lowest BCUT2D eigenvalue weighted by molar-refractivity contribution is 0.314. The molecule has 2 heterocycles. The standard InChI is InChI=1S/C18H22N2O2S/c1-23(21,22)20-11-5-8-17(14-20)18-10-9-16(13-19-18)12-15-6-3-2-4-7-15/h2-4,6-7,9-10,13,17H,5,8,11-12,14H2,1H3/t17-/m0/s1. The lowest BCUT2D eigenvalue weighted by Crippen LogP contribution is -2.38. The Balaban J connectivity index is 1.69. The highest BCUT2D eigenvalue weighted by molar-refractivity contribution is 7.88. The van der Waals surface area contributed by atoms with E-state index in [1.54, 1.807) is 4.31 Å². The second-order valence-corrected chi connectivity index (χ2v) is 8.20.